The van der Waals surface area contributed by atoms with Gasteiger partial charge in [0.05, 0.1) is 6.61 Å². The number of fused-ring (bicyclic) bond motifs is 1. The van der Waals surface area contributed by atoms with E-state index in [4.69, 9.17) is 15.2 Å². The number of carbonyl (C=O) groups is 1. The lowest BCUT2D eigenvalue weighted by Gasteiger charge is -2.38. The summed E-state index contributed by atoms with van der Waals surface area (Å²) in [5.74, 6) is 3.12. The molecule has 6 heteroatoms. The smallest absolute Gasteiger partial charge is 0.226 e. The van der Waals surface area contributed by atoms with E-state index in [0.717, 1.165) is 49.3 Å². The third-order valence-corrected chi connectivity index (χ3v) is 6.37. The van der Waals surface area contributed by atoms with Gasteiger partial charge in [0, 0.05) is 48.5 Å². The minimum atomic E-state index is 0. The molecule has 1 aromatic carbocycles. The van der Waals surface area contributed by atoms with Crippen LogP contribution in [0.15, 0.2) is 12.1 Å². The van der Waals surface area contributed by atoms with Crippen molar-refractivity contribution < 1.29 is 14.3 Å². The standard InChI is InChI=1S/C22H32N2O3.ClH/c1-4-26-21-9-15-8-14(3)27-20(15)11-18(21)17-10-19(17)22(25)24-6-5-13(2)7-16(24)12-23;/h9,11,13-14,16-17,19H,4-8,10,12,23H2,1-3H3;1H. The summed E-state index contributed by atoms with van der Waals surface area (Å²) >= 11 is 0. The zero-order chi connectivity index (χ0) is 19.1. The summed E-state index contributed by atoms with van der Waals surface area (Å²) in [6.07, 6.45) is 4.13. The van der Waals surface area contributed by atoms with Gasteiger partial charge in [-0.05, 0) is 51.2 Å². The third kappa shape index (κ3) is 3.97. The third-order valence-electron chi connectivity index (χ3n) is 6.37. The van der Waals surface area contributed by atoms with Crippen LogP contribution in [0, 0.1) is 11.8 Å². The quantitative estimate of drug-likeness (QED) is 0.809. The predicted octanol–water partition coefficient (Wildman–Crippen LogP) is 3.52. The maximum absolute atomic E-state index is 13.2. The van der Waals surface area contributed by atoms with Crippen LogP contribution < -0.4 is 15.2 Å². The Hall–Kier alpha value is -1.46. The summed E-state index contributed by atoms with van der Waals surface area (Å²) < 4.78 is 11.9. The number of halogens is 1. The van der Waals surface area contributed by atoms with Crippen LogP contribution >= 0.6 is 12.4 Å². The molecule has 1 aliphatic carbocycles. The predicted molar refractivity (Wildman–Crippen MR) is 112 cm³/mol. The summed E-state index contributed by atoms with van der Waals surface area (Å²) in [6, 6.07) is 4.45. The van der Waals surface area contributed by atoms with Crippen molar-refractivity contribution in [3.8, 4) is 11.5 Å². The molecule has 5 atom stereocenters. The van der Waals surface area contributed by atoms with Gasteiger partial charge >= 0.3 is 0 Å². The number of carbonyl (C=O) groups excluding carboxylic acids is 1. The highest BCUT2D eigenvalue weighted by Gasteiger charge is 2.49. The van der Waals surface area contributed by atoms with E-state index in [2.05, 4.69) is 30.9 Å². The molecule has 0 bridgehead atoms. The zero-order valence-corrected chi connectivity index (χ0v) is 18.0. The number of likely N-dealkylation sites (tertiary alicyclic amines) is 1. The molecule has 2 N–H and O–H groups in total. The van der Waals surface area contributed by atoms with Gasteiger partial charge in [0.15, 0.2) is 0 Å². The van der Waals surface area contributed by atoms with E-state index in [0.29, 0.717) is 19.1 Å². The first-order chi connectivity index (χ1) is 13.0. The Morgan fingerprint density at radius 2 is 2.11 bits per heavy atom. The Morgan fingerprint density at radius 1 is 1.32 bits per heavy atom. The van der Waals surface area contributed by atoms with Crippen LogP contribution in [0.2, 0.25) is 0 Å². The fourth-order valence-corrected chi connectivity index (χ4v) is 4.82. The van der Waals surface area contributed by atoms with Crippen LogP contribution in [-0.2, 0) is 11.2 Å². The molecule has 0 aromatic heterocycles. The van der Waals surface area contributed by atoms with Gasteiger partial charge in [0.1, 0.15) is 17.6 Å². The van der Waals surface area contributed by atoms with Gasteiger partial charge in [0.2, 0.25) is 5.91 Å². The molecule has 2 aliphatic heterocycles. The Kier molecular flexibility index (Phi) is 6.45. The molecule has 0 radical (unpaired) electrons. The molecule has 1 saturated heterocycles. The maximum atomic E-state index is 13.2. The number of benzene rings is 1. The minimum absolute atomic E-state index is 0. The molecule has 2 fully saturated rings. The Labute approximate surface area is 174 Å². The first-order valence-corrected chi connectivity index (χ1v) is 10.5. The molecule has 0 spiro atoms. The summed E-state index contributed by atoms with van der Waals surface area (Å²) in [5, 5.41) is 0. The van der Waals surface area contributed by atoms with E-state index < -0.39 is 0 Å². The SMILES string of the molecule is CCOc1cc2c(cc1C1CC1C(=O)N1CCC(C)CC1CN)OC(C)C2.Cl. The summed E-state index contributed by atoms with van der Waals surface area (Å²) in [4.78, 5) is 15.2. The Morgan fingerprint density at radius 3 is 2.82 bits per heavy atom. The topological polar surface area (TPSA) is 64.8 Å². The van der Waals surface area contributed by atoms with Crippen LogP contribution in [0.25, 0.3) is 0 Å². The molecule has 1 aromatic rings. The number of piperidine rings is 1. The van der Waals surface area contributed by atoms with Crippen LogP contribution in [0.3, 0.4) is 0 Å². The number of ether oxygens (including phenoxy) is 2. The highest BCUT2D eigenvalue weighted by atomic mass is 35.5. The second kappa shape index (κ2) is 8.50. The van der Waals surface area contributed by atoms with Gasteiger partial charge in [-0.25, -0.2) is 0 Å². The molecule has 28 heavy (non-hydrogen) atoms. The van der Waals surface area contributed by atoms with E-state index in [-0.39, 0.29) is 42.3 Å². The number of hydrogen-bond acceptors (Lipinski definition) is 4. The lowest BCUT2D eigenvalue weighted by Crippen LogP contribution is -2.49. The van der Waals surface area contributed by atoms with Gasteiger partial charge in [-0.1, -0.05) is 6.92 Å². The van der Waals surface area contributed by atoms with Gasteiger partial charge in [-0.2, -0.15) is 0 Å². The monoisotopic (exact) mass is 408 g/mol. The number of rotatable bonds is 5. The van der Waals surface area contributed by atoms with Crippen LogP contribution in [0.4, 0.5) is 0 Å². The second-order valence-corrected chi connectivity index (χ2v) is 8.56. The van der Waals surface area contributed by atoms with Gasteiger partial charge in [-0.3, -0.25) is 4.79 Å². The summed E-state index contributed by atoms with van der Waals surface area (Å²) in [7, 11) is 0. The lowest BCUT2D eigenvalue weighted by molar-refractivity contribution is -0.136. The highest BCUT2D eigenvalue weighted by molar-refractivity contribution is 5.85. The van der Waals surface area contributed by atoms with Crippen molar-refractivity contribution >= 4 is 18.3 Å². The van der Waals surface area contributed by atoms with Crippen molar-refractivity contribution in [2.24, 2.45) is 17.6 Å². The van der Waals surface area contributed by atoms with Crippen molar-refractivity contribution in [3.05, 3.63) is 23.3 Å². The molecule has 2 heterocycles. The number of amides is 1. The molecule has 1 amide bonds. The van der Waals surface area contributed by atoms with E-state index in [9.17, 15) is 4.79 Å². The van der Waals surface area contributed by atoms with E-state index in [1.807, 2.05) is 6.92 Å². The largest absolute Gasteiger partial charge is 0.494 e. The number of hydrogen-bond donors (Lipinski definition) is 1. The molecule has 5 unspecified atom stereocenters. The first kappa shape index (κ1) is 21.3. The van der Waals surface area contributed by atoms with Crippen LogP contribution in [0.1, 0.15) is 57.1 Å². The van der Waals surface area contributed by atoms with Crippen molar-refractivity contribution in [3.63, 3.8) is 0 Å². The highest BCUT2D eigenvalue weighted by Crippen LogP contribution is 2.53. The van der Waals surface area contributed by atoms with Crippen molar-refractivity contribution in [1.29, 1.82) is 0 Å². The second-order valence-electron chi connectivity index (χ2n) is 8.56. The van der Waals surface area contributed by atoms with Gasteiger partial charge in [-0.15, -0.1) is 12.4 Å². The molecule has 156 valence electrons. The van der Waals surface area contributed by atoms with Crippen LogP contribution in [0.5, 0.6) is 11.5 Å². The molecule has 3 aliphatic rings. The molecule has 5 nitrogen and oxygen atoms in total. The average Bonchev–Trinajstić information content (AvgIpc) is 3.35. The average molecular weight is 409 g/mol. The normalized spacial score (nSPS) is 30.9. The fourth-order valence-electron chi connectivity index (χ4n) is 4.82. The van der Waals surface area contributed by atoms with Crippen molar-refractivity contribution in [1.82, 2.24) is 4.90 Å². The van der Waals surface area contributed by atoms with Crippen molar-refractivity contribution in [2.45, 2.75) is 64.5 Å². The Bertz CT molecular complexity index is 726. The maximum Gasteiger partial charge on any atom is 0.226 e. The minimum Gasteiger partial charge on any atom is -0.494 e. The Balaban J connectivity index is 0.00000225. The van der Waals surface area contributed by atoms with E-state index in [1.54, 1.807) is 0 Å². The molecule has 1 saturated carbocycles. The fraction of sp³-hybridized carbons (Fsp3) is 0.682. The zero-order valence-electron chi connectivity index (χ0n) is 17.1. The van der Waals surface area contributed by atoms with E-state index in [1.165, 1.54) is 5.56 Å². The van der Waals surface area contributed by atoms with Crippen LogP contribution in [-0.4, -0.2) is 42.6 Å². The lowest BCUT2D eigenvalue weighted by atomic mass is 9.92. The molecular weight excluding hydrogens is 376 g/mol. The first-order valence-electron chi connectivity index (χ1n) is 10.5. The number of nitrogens with zero attached hydrogens (tertiary/aromatic N) is 1. The van der Waals surface area contributed by atoms with Gasteiger partial charge < -0.3 is 20.1 Å². The summed E-state index contributed by atoms with van der Waals surface area (Å²) in [6.45, 7) is 8.38. The molecule has 4 rings (SSSR count). The van der Waals surface area contributed by atoms with E-state index >= 15 is 0 Å². The summed E-state index contributed by atoms with van der Waals surface area (Å²) in [5.41, 5.74) is 8.32. The van der Waals surface area contributed by atoms with Crippen molar-refractivity contribution in [2.75, 3.05) is 19.7 Å². The number of nitrogens with two attached hydrogens (primary N) is 1. The molecular formula is C22H33ClN2O3. The van der Waals surface area contributed by atoms with Gasteiger partial charge in [0.25, 0.3) is 0 Å².